The largest absolute Gasteiger partial charge is 0.460 e. The van der Waals surface area contributed by atoms with Gasteiger partial charge in [0, 0.05) is 25.2 Å². The average Bonchev–Trinajstić information content (AvgIpc) is 2.87. The molecule has 0 bridgehead atoms. The average molecular weight is 649 g/mol. The zero-order valence-corrected chi connectivity index (χ0v) is 26.9. The number of nitrogens with zero attached hydrogens (tertiary/aromatic N) is 1. The molecule has 1 aromatic rings. The van der Waals surface area contributed by atoms with Crippen molar-refractivity contribution in [3.8, 4) is 0 Å². The van der Waals surface area contributed by atoms with Crippen LogP contribution in [0.5, 0.6) is 0 Å². The molecular weight excluding hydrogens is 605 g/mol. The van der Waals surface area contributed by atoms with Gasteiger partial charge in [-0.3, -0.25) is 19.2 Å². The molecular formula is C30H44ClF3N4O6. The highest BCUT2D eigenvalue weighted by molar-refractivity contribution is 6.30. The van der Waals surface area contributed by atoms with E-state index in [1.165, 1.54) is 25.9 Å². The van der Waals surface area contributed by atoms with Gasteiger partial charge in [0.1, 0.15) is 11.1 Å². The molecule has 1 fully saturated rings. The molecule has 44 heavy (non-hydrogen) atoms. The third kappa shape index (κ3) is 11.6. The number of ether oxygens (including phenoxy) is 2. The van der Waals surface area contributed by atoms with Gasteiger partial charge in [0.05, 0.1) is 36.9 Å². The molecule has 0 radical (unpaired) electrons. The Hall–Kier alpha value is -2.90. The number of nitrogens with one attached hydrogen (secondary N) is 2. The summed E-state index contributed by atoms with van der Waals surface area (Å²) in [6, 6.07) is 5.91. The molecule has 1 aliphatic rings. The summed E-state index contributed by atoms with van der Waals surface area (Å²) in [5, 5.41) is 6.09. The van der Waals surface area contributed by atoms with Crippen LogP contribution in [0.3, 0.4) is 0 Å². The molecule has 0 spiro atoms. The van der Waals surface area contributed by atoms with E-state index in [-0.39, 0.29) is 26.1 Å². The van der Waals surface area contributed by atoms with Crippen LogP contribution in [0, 0.1) is 5.92 Å². The van der Waals surface area contributed by atoms with Crippen LogP contribution in [0.25, 0.3) is 0 Å². The van der Waals surface area contributed by atoms with Gasteiger partial charge in [0.25, 0.3) is 0 Å². The molecule has 0 saturated carbocycles. The van der Waals surface area contributed by atoms with E-state index in [1.807, 2.05) is 0 Å². The van der Waals surface area contributed by atoms with Crippen molar-refractivity contribution in [2.75, 3.05) is 26.8 Å². The summed E-state index contributed by atoms with van der Waals surface area (Å²) < 4.78 is 51.2. The lowest BCUT2D eigenvalue weighted by molar-refractivity contribution is -0.169. The molecule has 14 heteroatoms. The second-order valence-corrected chi connectivity index (χ2v) is 13.2. The van der Waals surface area contributed by atoms with E-state index in [9.17, 15) is 32.3 Å². The highest BCUT2D eigenvalue weighted by Crippen LogP contribution is 2.32. The topological polar surface area (TPSA) is 140 Å². The van der Waals surface area contributed by atoms with Crippen LogP contribution in [0.1, 0.15) is 65.9 Å². The Morgan fingerprint density at radius 2 is 1.73 bits per heavy atom. The summed E-state index contributed by atoms with van der Waals surface area (Å²) in [7, 11) is 1.36. The van der Waals surface area contributed by atoms with Crippen molar-refractivity contribution in [2.24, 2.45) is 11.7 Å². The Bertz CT molecular complexity index is 1170. The summed E-state index contributed by atoms with van der Waals surface area (Å²) >= 11 is 6.06. The van der Waals surface area contributed by atoms with Gasteiger partial charge in [-0.15, -0.1) is 0 Å². The number of carbonyl (C=O) groups is 4. The SMILES string of the molecule is COC[C@@](C)(NC(=O)[C@H](C)N)C(=O)N[C@@]1(Cc2ccc(Cl)cc2)CCCN(C(=O)[C@@H](CC(=O)OC(C)(C)C)CC(F)(F)F)C1. The number of methoxy groups -OCH3 is 1. The number of halogens is 4. The lowest BCUT2D eigenvalue weighted by Crippen LogP contribution is -2.68. The zero-order valence-electron chi connectivity index (χ0n) is 26.1. The van der Waals surface area contributed by atoms with E-state index in [0.29, 0.717) is 17.9 Å². The van der Waals surface area contributed by atoms with Crippen LogP contribution in [-0.2, 0) is 35.1 Å². The van der Waals surface area contributed by atoms with Gasteiger partial charge in [-0.25, -0.2) is 0 Å². The van der Waals surface area contributed by atoms with Gasteiger partial charge in [-0.05, 0) is 71.6 Å². The first-order chi connectivity index (χ1) is 20.2. The van der Waals surface area contributed by atoms with Gasteiger partial charge in [-0.2, -0.15) is 13.2 Å². The molecule has 1 saturated heterocycles. The third-order valence-corrected chi connectivity index (χ3v) is 7.38. The molecule has 1 aromatic carbocycles. The molecule has 1 heterocycles. The number of rotatable bonds is 12. The van der Waals surface area contributed by atoms with Crippen molar-refractivity contribution >= 4 is 35.3 Å². The summed E-state index contributed by atoms with van der Waals surface area (Å²) in [6.45, 7) is 7.44. The second kappa shape index (κ2) is 14.9. The highest BCUT2D eigenvalue weighted by Gasteiger charge is 2.46. The van der Waals surface area contributed by atoms with E-state index >= 15 is 0 Å². The number of hydrogen-bond acceptors (Lipinski definition) is 7. The van der Waals surface area contributed by atoms with Crippen LogP contribution in [0.15, 0.2) is 24.3 Å². The number of likely N-dealkylation sites (tertiary alicyclic amines) is 1. The smallest absolute Gasteiger partial charge is 0.389 e. The maximum Gasteiger partial charge on any atom is 0.389 e. The number of piperidine rings is 1. The Morgan fingerprint density at radius 3 is 2.25 bits per heavy atom. The molecule has 4 N–H and O–H groups in total. The fourth-order valence-corrected chi connectivity index (χ4v) is 5.31. The van der Waals surface area contributed by atoms with Crippen molar-refractivity contribution in [1.29, 1.82) is 0 Å². The zero-order chi connectivity index (χ0) is 33.5. The molecule has 3 amide bonds. The minimum atomic E-state index is -4.72. The van der Waals surface area contributed by atoms with Gasteiger partial charge >= 0.3 is 12.1 Å². The number of carbonyl (C=O) groups excluding carboxylic acids is 4. The number of esters is 1. The van der Waals surface area contributed by atoms with Gasteiger partial charge in [0.15, 0.2) is 0 Å². The molecule has 0 unspecified atom stereocenters. The number of alkyl halides is 3. The van der Waals surface area contributed by atoms with Crippen molar-refractivity contribution in [2.45, 2.75) is 95.6 Å². The quantitative estimate of drug-likeness (QED) is 0.295. The summed E-state index contributed by atoms with van der Waals surface area (Å²) in [5.41, 5.74) is 2.79. The van der Waals surface area contributed by atoms with E-state index in [0.717, 1.165) is 5.56 Å². The highest BCUT2D eigenvalue weighted by atomic mass is 35.5. The molecule has 2 rings (SSSR count). The Labute approximate surface area is 261 Å². The molecule has 248 valence electrons. The van der Waals surface area contributed by atoms with E-state index in [1.54, 1.807) is 45.0 Å². The summed E-state index contributed by atoms with van der Waals surface area (Å²) in [6.07, 6.45) is -6.07. The number of nitrogens with two attached hydrogens (primary N) is 1. The number of benzene rings is 1. The Kier molecular flexibility index (Phi) is 12.6. The van der Waals surface area contributed by atoms with Crippen molar-refractivity contribution in [3.63, 3.8) is 0 Å². The molecule has 0 aromatic heterocycles. The monoisotopic (exact) mass is 648 g/mol. The van der Waals surface area contributed by atoms with Crippen molar-refractivity contribution in [1.82, 2.24) is 15.5 Å². The lowest BCUT2D eigenvalue weighted by atomic mass is 9.81. The maximum atomic E-state index is 13.8. The second-order valence-electron chi connectivity index (χ2n) is 12.8. The van der Waals surface area contributed by atoms with Crippen molar-refractivity contribution in [3.05, 3.63) is 34.9 Å². The summed E-state index contributed by atoms with van der Waals surface area (Å²) in [4.78, 5) is 53.7. The first kappa shape index (κ1) is 37.3. The molecule has 10 nitrogen and oxygen atoms in total. The molecule has 0 aliphatic carbocycles. The minimum Gasteiger partial charge on any atom is -0.460 e. The molecule has 4 atom stereocenters. The fourth-order valence-electron chi connectivity index (χ4n) is 5.18. The summed E-state index contributed by atoms with van der Waals surface area (Å²) in [5.74, 6) is -4.72. The normalized spacial score (nSPS) is 20.2. The predicted octanol–water partition coefficient (Wildman–Crippen LogP) is 3.53. The first-order valence-corrected chi connectivity index (χ1v) is 14.8. The lowest BCUT2D eigenvalue weighted by Gasteiger charge is -2.46. The van der Waals surface area contributed by atoms with Crippen molar-refractivity contribution < 1.29 is 41.8 Å². The standard InChI is InChI=1S/C30H44ClF3N4O6/c1-19(35)24(40)36-28(5,18-43-6)26(42)37-29(15-20-8-10-22(31)11-9-20)12-7-13-38(17-29)25(41)21(16-30(32,33)34)14-23(39)44-27(2,3)4/h8-11,19,21H,7,12-18,35H2,1-6H3,(H,36,40)(H,37,42)/t19-,21-,28+,29+/m0/s1. The van der Waals surface area contributed by atoms with E-state index in [4.69, 9.17) is 26.8 Å². The van der Waals surface area contributed by atoms with Crippen LogP contribution >= 0.6 is 11.6 Å². The van der Waals surface area contributed by atoms with E-state index < -0.39 is 71.3 Å². The van der Waals surface area contributed by atoms with E-state index in [2.05, 4.69) is 10.6 Å². The Balaban J connectivity index is 2.46. The van der Waals surface area contributed by atoms with Crippen LogP contribution < -0.4 is 16.4 Å². The number of amides is 3. The van der Waals surface area contributed by atoms with Gasteiger partial charge < -0.3 is 30.7 Å². The van der Waals surface area contributed by atoms with Crippen LogP contribution in [0.2, 0.25) is 5.02 Å². The fraction of sp³-hybridized carbons (Fsp3) is 0.667. The minimum absolute atomic E-state index is 0.122. The first-order valence-electron chi connectivity index (χ1n) is 14.4. The third-order valence-electron chi connectivity index (χ3n) is 7.13. The van der Waals surface area contributed by atoms with Crippen LogP contribution in [0.4, 0.5) is 13.2 Å². The number of hydrogen-bond donors (Lipinski definition) is 3. The maximum absolute atomic E-state index is 13.8. The predicted molar refractivity (Wildman–Crippen MR) is 159 cm³/mol. The van der Waals surface area contributed by atoms with Crippen LogP contribution in [-0.4, -0.2) is 84.3 Å². The Morgan fingerprint density at radius 1 is 1.11 bits per heavy atom. The van der Waals surface area contributed by atoms with Gasteiger partial charge in [0.2, 0.25) is 17.7 Å². The molecule has 1 aliphatic heterocycles. The van der Waals surface area contributed by atoms with Gasteiger partial charge in [-0.1, -0.05) is 23.7 Å².